The van der Waals surface area contributed by atoms with Crippen molar-refractivity contribution < 1.29 is 14.3 Å². The summed E-state index contributed by atoms with van der Waals surface area (Å²) >= 11 is 0. The molecule has 6 nitrogen and oxygen atoms in total. The average Bonchev–Trinajstić information content (AvgIpc) is 2.64. The van der Waals surface area contributed by atoms with Crippen molar-refractivity contribution in [3.05, 3.63) is 24.3 Å². The summed E-state index contributed by atoms with van der Waals surface area (Å²) in [5.41, 5.74) is 2.15. The lowest BCUT2D eigenvalue weighted by Gasteiger charge is -2.29. The van der Waals surface area contributed by atoms with Crippen LogP contribution in [0, 0.1) is 0 Å². The van der Waals surface area contributed by atoms with Crippen LogP contribution in [0.4, 0.5) is 16.2 Å². The maximum Gasteiger partial charge on any atom is 0.411 e. The van der Waals surface area contributed by atoms with Crippen molar-refractivity contribution in [1.82, 2.24) is 4.90 Å². The van der Waals surface area contributed by atoms with Crippen LogP contribution in [0.1, 0.15) is 19.3 Å². The van der Waals surface area contributed by atoms with Crippen molar-refractivity contribution in [2.75, 3.05) is 56.3 Å². The number of morpholine rings is 1. The number of carbonyl (C=O) groups is 1. The molecule has 2 saturated heterocycles. The maximum absolute atomic E-state index is 11.9. The van der Waals surface area contributed by atoms with E-state index in [9.17, 15) is 4.79 Å². The third-order valence-electron chi connectivity index (χ3n) is 4.33. The Balaban J connectivity index is 1.42. The minimum absolute atomic E-state index is 0.201. The Labute approximate surface area is 137 Å². The van der Waals surface area contributed by atoms with E-state index in [-0.39, 0.29) is 12.8 Å². The maximum atomic E-state index is 11.9. The Kier molecular flexibility index (Phi) is 5.58. The van der Waals surface area contributed by atoms with Crippen molar-refractivity contribution in [3.63, 3.8) is 0 Å². The molecular formula is C17H25N3O3. The monoisotopic (exact) mass is 319 g/mol. The van der Waals surface area contributed by atoms with Gasteiger partial charge >= 0.3 is 6.09 Å². The molecule has 0 radical (unpaired) electrons. The molecule has 0 atom stereocenters. The highest BCUT2D eigenvalue weighted by atomic mass is 16.6. The molecule has 6 heteroatoms. The molecule has 2 heterocycles. The van der Waals surface area contributed by atoms with Gasteiger partial charge in [-0.3, -0.25) is 0 Å². The second kappa shape index (κ2) is 8.06. The van der Waals surface area contributed by atoms with E-state index < -0.39 is 0 Å². The summed E-state index contributed by atoms with van der Waals surface area (Å²) in [6, 6.07) is 8.19. The molecule has 0 aromatic heterocycles. The van der Waals surface area contributed by atoms with E-state index in [2.05, 4.69) is 22.3 Å². The minimum Gasteiger partial charge on any atom is -0.428 e. The van der Waals surface area contributed by atoms with Crippen molar-refractivity contribution in [3.8, 4) is 0 Å². The summed E-state index contributed by atoms with van der Waals surface area (Å²) in [5.74, 6) is 0. The molecule has 0 spiro atoms. The third kappa shape index (κ3) is 4.51. The largest absolute Gasteiger partial charge is 0.428 e. The molecule has 1 N–H and O–H groups in total. The Morgan fingerprint density at radius 3 is 2.43 bits per heavy atom. The van der Waals surface area contributed by atoms with Crippen molar-refractivity contribution in [2.45, 2.75) is 19.3 Å². The zero-order valence-corrected chi connectivity index (χ0v) is 13.5. The number of nitrogens with one attached hydrogen (secondary N) is 1. The fourth-order valence-corrected chi connectivity index (χ4v) is 2.96. The standard InChI is InChI=1S/C17H25N3O3/c21-17(20-8-2-1-3-9-20)23-14-18-15-4-6-16(7-5-15)19-10-12-22-13-11-19/h4-7,18H,1-3,8-14H2. The lowest BCUT2D eigenvalue weighted by atomic mass is 10.1. The van der Waals surface area contributed by atoms with E-state index in [4.69, 9.17) is 9.47 Å². The van der Waals surface area contributed by atoms with Gasteiger partial charge in [0.25, 0.3) is 0 Å². The van der Waals surface area contributed by atoms with Crippen LogP contribution in [0.25, 0.3) is 0 Å². The van der Waals surface area contributed by atoms with Crippen molar-refractivity contribution in [1.29, 1.82) is 0 Å². The average molecular weight is 319 g/mol. The van der Waals surface area contributed by atoms with Crippen LogP contribution in [-0.2, 0) is 9.47 Å². The van der Waals surface area contributed by atoms with Gasteiger partial charge in [0.1, 0.15) is 0 Å². The number of hydrogen-bond acceptors (Lipinski definition) is 5. The summed E-state index contributed by atoms with van der Waals surface area (Å²) in [7, 11) is 0. The number of carbonyl (C=O) groups excluding carboxylic acids is 1. The number of amides is 1. The Morgan fingerprint density at radius 2 is 1.74 bits per heavy atom. The van der Waals surface area contributed by atoms with Crippen molar-refractivity contribution >= 4 is 17.5 Å². The number of rotatable bonds is 4. The van der Waals surface area contributed by atoms with Crippen LogP contribution in [0.3, 0.4) is 0 Å². The molecule has 0 aliphatic carbocycles. The van der Waals surface area contributed by atoms with Crippen molar-refractivity contribution in [2.24, 2.45) is 0 Å². The van der Waals surface area contributed by atoms with E-state index >= 15 is 0 Å². The molecule has 0 bridgehead atoms. The highest BCUT2D eigenvalue weighted by Gasteiger charge is 2.17. The summed E-state index contributed by atoms with van der Waals surface area (Å²) in [5, 5.41) is 3.13. The lowest BCUT2D eigenvalue weighted by Crippen LogP contribution is -2.36. The first-order chi connectivity index (χ1) is 11.3. The van der Waals surface area contributed by atoms with Gasteiger partial charge < -0.3 is 24.6 Å². The molecule has 3 rings (SSSR count). The molecule has 126 valence electrons. The topological polar surface area (TPSA) is 54.0 Å². The van der Waals surface area contributed by atoms with Crippen LogP contribution in [0.15, 0.2) is 24.3 Å². The van der Waals surface area contributed by atoms with Crippen LogP contribution in [0.2, 0.25) is 0 Å². The number of ether oxygens (including phenoxy) is 2. The number of benzene rings is 1. The Hall–Kier alpha value is -1.95. The van der Waals surface area contributed by atoms with Gasteiger partial charge in [0.2, 0.25) is 0 Å². The van der Waals surface area contributed by atoms with Gasteiger partial charge in [0, 0.05) is 37.6 Å². The number of piperidine rings is 1. The van der Waals surface area contributed by atoms with E-state index in [0.29, 0.717) is 0 Å². The van der Waals surface area contributed by atoms with Crippen LogP contribution < -0.4 is 10.2 Å². The molecule has 0 unspecified atom stereocenters. The number of anilines is 2. The van der Waals surface area contributed by atoms with E-state index in [1.807, 2.05) is 12.1 Å². The van der Waals surface area contributed by atoms with E-state index in [0.717, 1.165) is 57.9 Å². The third-order valence-corrected chi connectivity index (χ3v) is 4.33. The second-order valence-electron chi connectivity index (χ2n) is 5.93. The van der Waals surface area contributed by atoms with Crippen LogP contribution in [0.5, 0.6) is 0 Å². The second-order valence-corrected chi connectivity index (χ2v) is 5.93. The molecule has 1 aromatic rings. The fraction of sp³-hybridized carbons (Fsp3) is 0.588. The Bertz CT molecular complexity index is 494. The number of likely N-dealkylation sites (tertiary alicyclic amines) is 1. The number of hydrogen-bond donors (Lipinski definition) is 1. The normalized spacial score (nSPS) is 18.6. The molecule has 0 saturated carbocycles. The molecular weight excluding hydrogens is 294 g/mol. The smallest absolute Gasteiger partial charge is 0.411 e. The van der Waals surface area contributed by atoms with Crippen LogP contribution in [-0.4, -0.2) is 57.1 Å². The summed E-state index contributed by atoms with van der Waals surface area (Å²) in [6.45, 7) is 5.26. The lowest BCUT2D eigenvalue weighted by molar-refractivity contribution is 0.101. The molecule has 1 amide bonds. The van der Waals surface area contributed by atoms with Gasteiger partial charge in [-0.2, -0.15) is 0 Å². The van der Waals surface area contributed by atoms with Gasteiger partial charge in [-0.25, -0.2) is 4.79 Å². The summed E-state index contributed by atoms with van der Waals surface area (Å²) in [4.78, 5) is 16.0. The predicted molar refractivity (Wildman–Crippen MR) is 89.9 cm³/mol. The molecule has 2 fully saturated rings. The molecule has 1 aromatic carbocycles. The highest BCUT2D eigenvalue weighted by molar-refractivity contribution is 5.68. The zero-order valence-electron chi connectivity index (χ0n) is 13.5. The first kappa shape index (κ1) is 15.9. The van der Waals surface area contributed by atoms with E-state index in [1.54, 1.807) is 4.90 Å². The van der Waals surface area contributed by atoms with Gasteiger partial charge in [-0.05, 0) is 43.5 Å². The summed E-state index contributed by atoms with van der Waals surface area (Å²) in [6.07, 6.45) is 3.14. The van der Waals surface area contributed by atoms with Gasteiger partial charge in [-0.15, -0.1) is 0 Å². The molecule has 2 aliphatic rings. The SMILES string of the molecule is O=C(OCNc1ccc(N2CCOCC2)cc1)N1CCCCC1. The quantitative estimate of drug-likeness (QED) is 0.864. The van der Waals surface area contributed by atoms with Gasteiger partial charge in [-0.1, -0.05) is 0 Å². The highest BCUT2D eigenvalue weighted by Crippen LogP contribution is 2.19. The predicted octanol–water partition coefficient (Wildman–Crippen LogP) is 2.52. The molecule has 23 heavy (non-hydrogen) atoms. The van der Waals surface area contributed by atoms with Gasteiger partial charge in [0.05, 0.1) is 13.2 Å². The first-order valence-electron chi connectivity index (χ1n) is 8.41. The first-order valence-corrected chi connectivity index (χ1v) is 8.41. The zero-order chi connectivity index (χ0) is 15.9. The van der Waals surface area contributed by atoms with E-state index in [1.165, 1.54) is 12.1 Å². The fourth-order valence-electron chi connectivity index (χ4n) is 2.96. The Morgan fingerprint density at radius 1 is 1.04 bits per heavy atom. The molecule has 2 aliphatic heterocycles. The van der Waals surface area contributed by atoms with Gasteiger partial charge in [0.15, 0.2) is 6.73 Å². The minimum atomic E-state index is -0.220. The summed E-state index contributed by atoms with van der Waals surface area (Å²) < 4.78 is 10.6. The van der Waals surface area contributed by atoms with Crippen LogP contribution >= 0.6 is 0 Å². The number of nitrogens with zero attached hydrogens (tertiary/aromatic N) is 2.